The number of hydrogen-bond acceptors (Lipinski definition) is 3. The summed E-state index contributed by atoms with van der Waals surface area (Å²) >= 11 is 3.41. The van der Waals surface area contributed by atoms with Crippen molar-refractivity contribution in [3.05, 3.63) is 47.5 Å². The van der Waals surface area contributed by atoms with Crippen LogP contribution in [0.3, 0.4) is 0 Å². The molecule has 1 rings (SSSR count). The van der Waals surface area contributed by atoms with Crippen molar-refractivity contribution in [3.8, 4) is 0 Å². The Balaban J connectivity index is 2.78. The van der Waals surface area contributed by atoms with E-state index in [1.54, 1.807) is 31.2 Å². The predicted molar refractivity (Wildman–Crippen MR) is 80.3 cm³/mol. The standard InChI is InChI=1S/C15H17BrO4/c1-3-20-15(19)10(2)8-13(9-16)11-4-6-12(7-5-11)14(17)18/h4-7,13H,2-3,8-9H2,1H3,(H,17,18). The lowest BCUT2D eigenvalue weighted by atomic mass is 9.93. The Morgan fingerprint density at radius 2 is 1.95 bits per heavy atom. The van der Waals surface area contributed by atoms with Gasteiger partial charge in [-0.15, -0.1) is 0 Å². The van der Waals surface area contributed by atoms with E-state index in [1.165, 1.54) is 0 Å². The van der Waals surface area contributed by atoms with E-state index in [-0.39, 0.29) is 17.5 Å². The Kier molecular flexibility index (Phi) is 6.45. The van der Waals surface area contributed by atoms with Crippen molar-refractivity contribution in [2.45, 2.75) is 19.3 Å². The van der Waals surface area contributed by atoms with Crippen LogP contribution in [0.25, 0.3) is 0 Å². The Hall–Kier alpha value is -1.62. The third-order valence-electron chi connectivity index (χ3n) is 2.87. The number of carboxylic acids is 1. The van der Waals surface area contributed by atoms with Gasteiger partial charge in [0.1, 0.15) is 0 Å². The van der Waals surface area contributed by atoms with Crippen LogP contribution in [0, 0.1) is 0 Å². The molecular weight excluding hydrogens is 324 g/mol. The third kappa shape index (κ3) is 4.49. The van der Waals surface area contributed by atoms with Gasteiger partial charge in [-0.25, -0.2) is 9.59 Å². The summed E-state index contributed by atoms with van der Waals surface area (Å²) in [5.41, 5.74) is 1.61. The molecule has 0 aliphatic rings. The number of benzene rings is 1. The molecular formula is C15H17BrO4. The molecule has 0 spiro atoms. The van der Waals surface area contributed by atoms with Crippen LogP contribution in [-0.4, -0.2) is 29.0 Å². The molecule has 0 aromatic heterocycles. The monoisotopic (exact) mass is 340 g/mol. The molecule has 0 aliphatic carbocycles. The third-order valence-corrected chi connectivity index (χ3v) is 3.65. The van der Waals surface area contributed by atoms with Crippen LogP contribution in [0.4, 0.5) is 0 Å². The van der Waals surface area contributed by atoms with E-state index in [0.29, 0.717) is 23.9 Å². The zero-order valence-electron chi connectivity index (χ0n) is 11.3. The van der Waals surface area contributed by atoms with E-state index in [4.69, 9.17) is 9.84 Å². The minimum absolute atomic E-state index is 0.0507. The minimum Gasteiger partial charge on any atom is -0.478 e. The average molecular weight is 341 g/mol. The molecule has 20 heavy (non-hydrogen) atoms. The van der Waals surface area contributed by atoms with Gasteiger partial charge in [0.2, 0.25) is 0 Å². The summed E-state index contributed by atoms with van der Waals surface area (Å²) < 4.78 is 4.90. The van der Waals surface area contributed by atoms with E-state index in [2.05, 4.69) is 22.5 Å². The number of esters is 1. The number of carbonyl (C=O) groups excluding carboxylic acids is 1. The molecule has 1 aromatic carbocycles. The fraction of sp³-hybridized carbons (Fsp3) is 0.333. The zero-order valence-corrected chi connectivity index (χ0v) is 12.9. The fourth-order valence-corrected chi connectivity index (χ4v) is 2.38. The quantitative estimate of drug-likeness (QED) is 0.469. The summed E-state index contributed by atoms with van der Waals surface area (Å²) in [7, 11) is 0. The Morgan fingerprint density at radius 1 is 1.35 bits per heavy atom. The lowest BCUT2D eigenvalue weighted by Gasteiger charge is -2.15. The first-order valence-corrected chi connectivity index (χ1v) is 7.35. The van der Waals surface area contributed by atoms with Crippen molar-refractivity contribution in [1.29, 1.82) is 0 Å². The van der Waals surface area contributed by atoms with Crippen LogP contribution in [-0.2, 0) is 9.53 Å². The van der Waals surface area contributed by atoms with Gasteiger partial charge in [0.15, 0.2) is 0 Å². The van der Waals surface area contributed by atoms with Gasteiger partial charge in [-0.2, -0.15) is 0 Å². The molecule has 1 aromatic rings. The highest BCUT2D eigenvalue weighted by Crippen LogP contribution is 2.26. The highest BCUT2D eigenvalue weighted by atomic mass is 79.9. The second-order valence-corrected chi connectivity index (χ2v) is 4.95. The molecule has 108 valence electrons. The lowest BCUT2D eigenvalue weighted by Crippen LogP contribution is -2.11. The minimum atomic E-state index is -0.956. The van der Waals surface area contributed by atoms with Crippen molar-refractivity contribution in [2.75, 3.05) is 11.9 Å². The molecule has 1 atom stereocenters. The van der Waals surface area contributed by atoms with Crippen molar-refractivity contribution >= 4 is 27.9 Å². The second kappa shape index (κ2) is 7.85. The molecule has 0 bridgehead atoms. The van der Waals surface area contributed by atoms with E-state index in [9.17, 15) is 9.59 Å². The van der Waals surface area contributed by atoms with Crippen LogP contribution >= 0.6 is 15.9 Å². The van der Waals surface area contributed by atoms with Gasteiger partial charge in [0, 0.05) is 10.9 Å². The highest BCUT2D eigenvalue weighted by molar-refractivity contribution is 9.09. The van der Waals surface area contributed by atoms with Gasteiger partial charge in [0.05, 0.1) is 12.2 Å². The molecule has 0 heterocycles. The topological polar surface area (TPSA) is 63.6 Å². The SMILES string of the molecule is C=C(CC(CBr)c1ccc(C(=O)O)cc1)C(=O)OCC. The molecule has 1 N–H and O–H groups in total. The molecule has 0 saturated carbocycles. The first-order valence-electron chi connectivity index (χ1n) is 6.23. The summed E-state index contributed by atoms with van der Waals surface area (Å²) in [5.74, 6) is -1.29. The maximum atomic E-state index is 11.6. The number of aromatic carboxylic acids is 1. The summed E-state index contributed by atoms with van der Waals surface area (Å²) in [6, 6.07) is 6.63. The van der Waals surface area contributed by atoms with Crippen molar-refractivity contribution in [1.82, 2.24) is 0 Å². The summed E-state index contributed by atoms with van der Waals surface area (Å²) in [6.45, 7) is 5.81. The highest BCUT2D eigenvalue weighted by Gasteiger charge is 2.17. The Labute approximate surface area is 126 Å². The van der Waals surface area contributed by atoms with Gasteiger partial charge < -0.3 is 9.84 Å². The largest absolute Gasteiger partial charge is 0.478 e. The molecule has 5 heteroatoms. The number of carboxylic acid groups (broad SMARTS) is 1. The van der Waals surface area contributed by atoms with Crippen LogP contribution < -0.4 is 0 Å². The predicted octanol–water partition coefficient (Wildman–Crippen LogP) is 3.37. The number of alkyl halides is 1. The van der Waals surface area contributed by atoms with Gasteiger partial charge in [-0.3, -0.25) is 0 Å². The summed E-state index contributed by atoms with van der Waals surface area (Å²) in [6.07, 6.45) is 0.469. The molecule has 0 aliphatic heterocycles. The summed E-state index contributed by atoms with van der Waals surface area (Å²) in [4.78, 5) is 22.4. The van der Waals surface area contributed by atoms with Crippen molar-refractivity contribution < 1.29 is 19.4 Å². The average Bonchev–Trinajstić information content (AvgIpc) is 2.44. The number of ether oxygens (including phenoxy) is 1. The fourth-order valence-electron chi connectivity index (χ4n) is 1.77. The zero-order chi connectivity index (χ0) is 15.1. The van der Waals surface area contributed by atoms with Crippen LogP contribution in [0.15, 0.2) is 36.4 Å². The normalized spacial score (nSPS) is 11.7. The van der Waals surface area contributed by atoms with Crippen LogP contribution in [0.1, 0.15) is 35.2 Å². The van der Waals surface area contributed by atoms with Gasteiger partial charge >= 0.3 is 11.9 Å². The van der Waals surface area contributed by atoms with Crippen LogP contribution in [0.2, 0.25) is 0 Å². The van der Waals surface area contributed by atoms with E-state index >= 15 is 0 Å². The molecule has 1 unspecified atom stereocenters. The molecule has 0 radical (unpaired) electrons. The molecule has 0 saturated heterocycles. The Bertz CT molecular complexity index is 493. The number of hydrogen-bond donors (Lipinski definition) is 1. The number of carbonyl (C=O) groups is 2. The smallest absolute Gasteiger partial charge is 0.335 e. The maximum absolute atomic E-state index is 11.6. The summed E-state index contributed by atoms with van der Waals surface area (Å²) in [5, 5.41) is 9.51. The van der Waals surface area contributed by atoms with Crippen LogP contribution in [0.5, 0.6) is 0 Å². The van der Waals surface area contributed by atoms with Gasteiger partial charge in [-0.1, -0.05) is 34.6 Å². The van der Waals surface area contributed by atoms with Crippen molar-refractivity contribution in [2.24, 2.45) is 0 Å². The van der Waals surface area contributed by atoms with Gasteiger partial charge in [0.25, 0.3) is 0 Å². The molecule has 4 nitrogen and oxygen atoms in total. The number of rotatable bonds is 7. The van der Waals surface area contributed by atoms with Crippen molar-refractivity contribution in [3.63, 3.8) is 0 Å². The second-order valence-electron chi connectivity index (χ2n) is 4.31. The lowest BCUT2D eigenvalue weighted by molar-refractivity contribution is -0.138. The maximum Gasteiger partial charge on any atom is 0.335 e. The van der Waals surface area contributed by atoms with E-state index in [0.717, 1.165) is 5.56 Å². The van der Waals surface area contributed by atoms with Gasteiger partial charge in [-0.05, 0) is 37.0 Å². The molecule has 0 fully saturated rings. The van der Waals surface area contributed by atoms with E-state index in [1.807, 2.05) is 0 Å². The Morgan fingerprint density at radius 3 is 2.40 bits per heavy atom. The number of halogens is 1. The van der Waals surface area contributed by atoms with E-state index < -0.39 is 5.97 Å². The first kappa shape index (κ1) is 16.4. The first-order chi connectivity index (χ1) is 9.49. The molecule has 0 amide bonds.